The molecule has 1 aromatic carbocycles. The molecular weight excluding hydrogens is 286 g/mol. The van der Waals surface area contributed by atoms with Crippen LogP contribution < -0.4 is 5.32 Å². The highest BCUT2D eigenvalue weighted by Gasteiger charge is 2.23. The molecule has 0 amide bonds. The molecule has 0 radical (unpaired) electrons. The van der Waals surface area contributed by atoms with E-state index in [1.54, 1.807) is 19.2 Å². The van der Waals surface area contributed by atoms with Crippen molar-refractivity contribution >= 4 is 15.7 Å². The number of sulfonamides is 1. The van der Waals surface area contributed by atoms with Gasteiger partial charge in [-0.2, -0.15) is 0 Å². The Morgan fingerprint density at radius 1 is 1.10 bits per heavy atom. The van der Waals surface area contributed by atoms with Gasteiger partial charge in [-0.25, -0.2) is 12.7 Å². The maximum atomic E-state index is 12.7. The molecule has 1 N–H and O–H groups in total. The summed E-state index contributed by atoms with van der Waals surface area (Å²) >= 11 is 0. The van der Waals surface area contributed by atoms with Crippen LogP contribution in [0, 0.1) is 0 Å². The third kappa shape index (κ3) is 5.30. The first-order valence-corrected chi connectivity index (χ1v) is 8.77. The zero-order valence-corrected chi connectivity index (χ0v) is 14.3. The summed E-state index contributed by atoms with van der Waals surface area (Å²) in [6.07, 6.45) is 1.76. The molecule has 0 aliphatic carbocycles. The zero-order valence-electron chi connectivity index (χ0n) is 13.5. The Bertz CT molecular complexity index is 529. The average Bonchev–Trinajstić information content (AvgIpc) is 2.44. The molecule has 5 nitrogen and oxygen atoms in total. The van der Waals surface area contributed by atoms with Crippen molar-refractivity contribution in [3.8, 4) is 0 Å². The number of benzene rings is 1. The lowest BCUT2D eigenvalue weighted by atomic mass is 10.3. The van der Waals surface area contributed by atoms with E-state index in [0.717, 1.165) is 25.9 Å². The lowest BCUT2D eigenvalue weighted by Crippen LogP contribution is -2.30. The Morgan fingerprint density at radius 3 is 2.38 bits per heavy atom. The number of anilines is 1. The van der Waals surface area contributed by atoms with Crippen LogP contribution in [0.25, 0.3) is 0 Å². The fourth-order valence-corrected chi connectivity index (χ4v) is 3.37. The van der Waals surface area contributed by atoms with Crippen LogP contribution in [0.15, 0.2) is 29.2 Å². The Morgan fingerprint density at radius 2 is 1.76 bits per heavy atom. The highest BCUT2D eigenvalue weighted by Crippen LogP contribution is 2.23. The normalized spacial score (nSPS) is 12.1. The van der Waals surface area contributed by atoms with Gasteiger partial charge in [0.25, 0.3) is 0 Å². The van der Waals surface area contributed by atoms with Gasteiger partial charge in [0, 0.05) is 20.1 Å². The summed E-state index contributed by atoms with van der Waals surface area (Å²) in [6, 6.07) is 7.09. The molecule has 0 aliphatic rings. The van der Waals surface area contributed by atoms with Crippen LogP contribution in [-0.4, -0.2) is 58.4 Å². The number of hydrogen-bond acceptors (Lipinski definition) is 4. The van der Waals surface area contributed by atoms with Crippen LogP contribution in [0.4, 0.5) is 5.69 Å². The lowest BCUT2D eigenvalue weighted by molar-refractivity contribution is 0.370. The molecule has 0 heterocycles. The van der Waals surface area contributed by atoms with Gasteiger partial charge < -0.3 is 10.2 Å². The van der Waals surface area contributed by atoms with E-state index in [9.17, 15) is 8.42 Å². The third-order valence-corrected chi connectivity index (χ3v) is 5.13. The Labute approximate surface area is 129 Å². The first kappa shape index (κ1) is 17.9. The molecule has 6 heteroatoms. The summed E-state index contributed by atoms with van der Waals surface area (Å²) in [5.41, 5.74) is 0.679. The second-order valence-electron chi connectivity index (χ2n) is 5.41. The second-order valence-corrected chi connectivity index (χ2v) is 7.42. The van der Waals surface area contributed by atoms with Gasteiger partial charge in [-0.3, -0.25) is 0 Å². The molecule has 0 fully saturated rings. The minimum atomic E-state index is -3.45. The number of para-hydroxylation sites is 1. The number of hydrogen-bond donors (Lipinski definition) is 1. The maximum absolute atomic E-state index is 12.7. The van der Waals surface area contributed by atoms with Crippen molar-refractivity contribution in [2.45, 2.75) is 24.7 Å². The molecule has 120 valence electrons. The van der Waals surface area contributed by atoms with Crippen LogP contribution in [-0.2, 0) is 10.0 Å². The highest BCUT2D eigenvalue weighted by atomic mass is 32.2. The van der Waals surface area contributed by atoms with Gasteiger partial charge >= 0.3 is 0 Å². The van der Waals surface area contributed by atoms with Crippen molar-refractivity contribution in [2.75, 3.05) is 46.1 Å². The minimum absolute atomic E-state index is 0.353. The van der Waals surface area contributed by atoms with E-state index < -0.39 is 10.0 Å². The molecule has 1 rings (SSSR count). The van der Waals surface area contributed by atoms with E-state index in [0.29, 0.717) is 17.1 Å². The van der Waals surface area contributed by atoms with Crippen molar-refractivity contribution in [1.82, 2.24) is 9.21 Å². The second kappa shape index (κ2) is 8.36. The van der Waals surface area contributed by atoms with Crippen LogP contribution in [0.2, 0.25) is 0 Å². The van der Waals surface area contributed by atoms with Gasteiger partial charge in [0.1, 0.15) is 4.90 Å². The van der Waals surface area contributed by atoms with Crippen LogP contribution in [0.5, 0.6) is 0 Å². The summed E-state index contributed by atoms with van der Waals surface area (Å²) in [6.45, 7) is 4.20. The van der Waals surface area contributed by atoms with Crippen molar-refractivity contribution in [1.29, 1.82) is 0 Å². The summed E-state index contributed by atoms with van der Waals surface area (Å²) in [4.78, 5) is 2.41. The Kier molecular flexibility index (Phi) is 7.14. The average molecular weight is 313 g/mol. The number of rotatable bonds is 9. The van der Waals surface area contributed by atoms with E-state index in [1.807, 2.05) is 26.2 Å². The molecule has 0 unspecified atom stereocenters. The number of nitrogens with zero attached hydrogens (tertiary/aromatic N) is 2. The van der Waals surface area contributed by atoms with E-state index in [-0.39, 0.29) is 0 Å². The monoisotopic (exact) mass is 313 g/mol. The topological polar surface area (TPSA) is 52.7 Å². The molecular formula is C15H27N3O2S. The highest BCUT2D eigenvalue weighted by molar-refractivity contribution is 7.89. The first-order chi connectivity index (χ1) is 9.89. The van der Waals surface area contributed by atoms with Crippen molar-refractivity contribution in [2.24, 2.45) is 0 Å². The zero-order chi connectivity index (χ0) is 15.9. The molecule has 0 saturated carbocycles. The van der Waals surface area contributed by atoms with Crippen molar-refractivity contribution < 1.29 is 8.42 Å². The summed E-state index contributed by atoms with van der Waals surface area (Å²) < 4.78 is 26.8. The van der Waals surface area contributed by atoms with Crippen molar-refractivity contribution in [3.63, 3.8) is 0 Å². The van der Waals surface area contributed by atoms with Gasteiger partial charge in [-0.05, 0) is 45.6 Å². The van der Waals surface area contributed by atoms with Crippen LogP contribution in [0.3, 0.4) is 0 Å². The number of nitrogens with one attached hydrogen (secondary N) is 1. The largest absolute Gasteiger partial charge is 0.384 e. The predicted molar refractivity (Wildman–Crippen MR) is 88.2 cm³/mol. The molecule has 0 bridgehead atoms. The van der Waals surface area contributed by atoms with Crippen LogP contribution in [0.1, 0.15) is 19.8 Å². The Balaban J connectivity index is 2.86. The molecule has 0 spiro atoms. The fraction of sp³-hybridized carbons (Fsp3) is 0.600. The molecule has 1 aromatic rings. The van der Waals surface area contributed by atoms with Gasteiger partial charge in [0.05, 0.1) is 5.69 Å². The predicted octanol–water partition coefficient (Wildman–Crippen LogP) is 2.08. The van der Waals surface area contributed by atoms with Crippen molar-refractivity contribution in [3.05, 3.63) is 24.3 Å². The lowest BCUT2D eigenvalue weighted by Gasteiger charge is -2.20. The quantitative estimate of drug-likeness (QED) is 0.758. The Hall–Kier alpha value is -1.11. The van der Waals surface area contributed by atoms with Crippen LogP contribution >= 0.6 is 0 Å². The van der Waals surface area contributed by atoms with E-state index in [2.05, 4.69) is 17.1 Å². The summed E-state index contributed by atoms with van der Waals surface area (Å²) in [5.74, 6) is 0. The van der Waals surface area contributed by atoms with Gasteiger partial charge in [0.2, 0.25) is 10.0 Å². The SMILES string of the molecule is CCCNc1ccccc1S(=O)(=O)N(C)CCCN(C)C. The molecule has 0 aromatic heterocycles. The van der Waals surface area contributed by atoms with E-state index in [4.69, 9.17) is 0 Å². The van der Waals surface area contributed by atoms with Gasteiger partial charge in [-0.15, -0.1) is 0 Å². The van der Waals surface area contributed by atoms with E-state index >= 15 is 0 Å². The molecule has 0 aliphatic heterocycles. The first-order valence-electron chi connectivity index (χ1n) is 7.33. The summed E-state index contributed by atoms with van der Waals surface area (Å²) in [5, 5.41) is 3.18. The van der Waals surface area contributed by atoms with Gasteiger partial charge in [-0.1, -0.05) is 19.1 Å². The molecule has 0 atom stereocenters. The third-order valence-electron chi connectivity index (χ3n) is 3.22. The summed E-state index contributed by atoms with van der Waals surface area (Å²) in [7, 11) is 2.16. The smallest absolute Gasteiger partial charge is 0.244 e. The molecule has 21 heavy (non-hydrogen) atoms. The minimum Gasteiger partial charge on any atom is -0.384 e. The fourth-order valence-electron chi connectivity index (χ4n) is 1.99. The molecule has 0 saturated heterocycles. The standard InChI is InChI=1S/C15H27N3O2S/c1-5-11-16-14-9-6-7-10-15(14)21(19,20)18(4)13-8-12-17(2)3/h6-7,9-10,16H,5,8,11-13H2,1-4H3. The van der Waals surface area contributed by atoms with E-state index in [1.165, 1.54) is 4.31 Å². The van der Waals surface area contributed by atoms with Gasteiger partial charge in [0.15, 0.2) is 0 Å². The maximum Gasteiger partial charge on any atom is 0.244 e.